The normalized spacial score (nSPS) is 15.2. The quantitative estimate of drug-likeness (QED) is 0.915. The van der Waals surface area contributed by atoms with E-state index in [0.717, 1.165) is 12.8 Å². The fourth-order valence-corrected chi connectivity index (χ4v) is 2.25. The third-order valence-electron chi connectivity index (χ3n) is 3.36. The van der Waals surface area contributed by atoms with Gasteiger partial charge < -0.3 is 15.2 Å². The van der Waals surface area contributed by atoms with Crippen LogP contribution in [0.5, 0.6) is 5.75 Å². The molecule has 0 aliphatic carbocycles. The Balaban J connectivity index is 1.86. The number of ether oxygens (including phenoxy) is 2. The SMILES string of the molecule is N#Cc1nc(-c2ccnc(N)n2)ccc1OC1CCOCC1. The molecule has 7 heteroatoms. The fraction of sp³-hybridized carbons (Fsp3) is 0.333. The summed E-state index contributed by atoms with van der Waals surface area (Å²) >= 11 is 0. The van der Waals surface area contributed by atoms with Gasteiger partial charge in [0.05, 0.1) is 24.6 Å². The molecular formula is C15H15N5O2. The van der Waals surface area contributed by atoms with Gasteiger partial charge in [0.2, 0.25) is 5.95 Å². The molecule has 0 amide bonds. The van der Waals surface area contributed by atoms with Crippen molar-refractivity contribution in [2.75, 3.05) is 18.9 Å². The van der Waals surface area contributed by atoms with E-state index < -0.39 is 0 Å². The van der Waals surface area contributed by atoms with Crippen LogP contribution >= 0.6 is 0 Å². The first kappa shape index (κ1) is 14.2. The third-order valence-corrected chi connectivity index (χ3v) is 3.36. The Morgan fingerprint density at radius 2 is 1.95 bits per heavy atom. The first-order chi connectivity index (χ1) is 10.8. The summed E-state index contributed by atoms with van der Waals surface area (Å²) in [7, 11) is 0. The zero-order valence-electron chi connectivity index (χ0n) is 11.9. The molecule has 1 fully saturated rings. The standard InChI is InChI=1S/C15H15N5O2/c16-9-13-14(22-10-4-7-21-8-5-10)2-1-11(19-13)12-3-6-18-15(17)20-12/h1-3,6,10H,4-5,7-8H2,(H2,17,18,20). The lowest BCUT2D eigenvalue weighted by Crippen LogP contribution is -2.26. The molecule has 112 valence electrons. The number of nitrogens with zero attached hydrogens (tertiary/aromatic N) is 4. The zero-order valence-corrected chi connectivity index (χ0v) is 11.9. The fourth-order valence-electron chi connectivity index (χ4n) is 2.25. The highest BCUT2D eigenvalue weighted by molar-refractivity contribution is 5.57. The van der Waals surface area contributed by atoms with Gasteiger partial charge >= 0.3 is 0 Å². The molecule has 1 aliphatic heterocycles. The van der Waals surface area contributed by atoms with Crippen LogP contribution in [-0.4, -0.2) is 34.3 Å². The summed E-state index contributed by atoms with van der Waals surface area (Å²) in [5.41, 5.74) is 6.94. The van der Waals surface area contributed by atoms with Gasteiger partial charge in [-0.1, -0.05) is 0 Å². The number of pyridine rings is 1. The summed E-state index contributed by atoms with van der Waals surface area (Å²) < 4.78 is 11.2. The van der Waals surface area contributed by atoms with Crippen LogP contribution in [0, 0.1) is 11.3 Å². The van der Waals surface area contributed by atoms with Crippen molar-refractivity contribution in [1.29, 1.82) is 5.26 Å². The number of hydrogen-bond acceptors (Lipinski definition) is 7. The Hall–Kier alpha value is -2.72. The highest BCUT2D eigenvalue weighted by Gasteiger charge is 2.18. The summed E-state index contributed by atoms with van der Waals surface area (Å²) in [6, 6.07) is 7.27. The van der Waals surface area contributed by atoms with Gasteiger partial charge in [0.1, 0.15) is 12.2 Å². The van der Waals surface area contributed by atoms with Gasteiger partial charge in [-0.05, 0) is 18.2 Å². The van der Waals surface area contributed by atoms with E-state index in [2.05, 4.69) is 21.0 Å². The molecule has 0 saturated carbocycles. The van der Waals surface area contributed by atoms with Crippen LogP contribution in [0.4, 0.5) is 5.95 Å². The molecular weight excluding hydrogens is 282 g/mol. The number of anilines is 1. The molecule has 3 rings (SSSR count). The smallest absolute Gasteiger partial charge is 0.220 e. The predicted molar refractivity (Wildman–Crippen MR) is 78.9 cm³/mol. The number of aromatic nitrogens is 3. The van der Waals surface area contributed by atoms with E-state index in [9.17, 15) is 5.26 Å². The molecule has 1 aliphatic rings. The van der Waals surface area contributed by atoms with Gasteiger partial charge in [-0.15, -0.1) is 0 Å². The van der Waals surface area contributed by atoms with Crippen LogP contribution in [-0.2, 0) is 4.74 Å². The van der Waals surface area contributed by atoms with E-state index in [4.69, 9.17) is 15.2 Å². The first-order valence-electron chi connectivity index (χ1n) is 7.00. The Labute approximate surface area is 127 Å². The summed E-state index contributed by atoms with van der Waals surface area (Å²) in [6.07, 6.45) is 3.24. The molecule has 0 aromatic carbocycles. The summed E-state index contributed by atoms with van der Waals surface area (Å²) in [5, 5.41) is 9.30. The van der Waals surface area contributed by atoms with Crippen molar-refractivity contribution in [1.82, 2.24) is 15.0 Å². The Morgan fingerprint density at radius 3 is 2.68 bits per heavy atom. The van der Waals surface area contributed by atoms with Crippen LogP contribution in [0.2, 0.25) is 0 Å². The lowest BCUT2D eigenvalue weighted by atomic mass is 10.1. The van der Waals surface area contributed by atoms with Crippen molar-refractivity contribution in [3.63, 3.8) is 0 Å². The molecule has 2 aromatic rings. The second kappa shape index (κ2) is 6.37. The molecule has 2 aromatic heterocycles. The lowest BCUT2D eigenvalue weighted by Gasteiger charge is -2.23. The highest BCUT2D eigenvalue weighted by atomic mass is 16.5. The Morgan fingerprint density at radius 1 is 1.18 bits per heavy atom. The molecule has 0 bridgehead atoms. The minimum Gasteiger partial charge on any atom is -0.487 e. The highest BCUT2D eigenvalue weighted by Crippen LogP contribution is 2.24. The van der Waals surface area contributed by atoms with Gasteiger partial charge in [-0.3, -0.25) is 0 Å². The van der Waals surface area contributed by atoms with Gasteiger partial charge in [0.25, 0.3) is 0 Å². The first-order valence-corrected chi connectivity index (χ1v) is 7.00. The maximum Gasteiger partial charge on any atom is 0.220 e. The Bertz CT molecular complexity index is 707. The van der Waals surface area contributed by atoms with Gasteiger partial charge in [0.15, 0.2) is 11.4 Å². The van der Waals surface area contributed by atoms with Gasteiger partial charge in [0, 0.05) is 19.0 Å². The lowest BCUT2D eigenvalue weighted by molar-refractivity contribution is 0.0253. The number of rotatable bonds is 3. The van der Waals surface area contributed by atoms with E-state index >= 15 is 0 Å². The number of hydrogen-bond donors (Lipinski definition) is 1. The average molecular weight is 297 g/mol. The topological polar surface area (TPSA) is 107 Å². The van der Waals surface area contributed by atoms with Crippen molar-refractivity contribution in [2.45, 2.75) is 18.9 Å². The second-order valence-electron chi connectivity index (χ2n) is 4.88. The maximum atomic E-state index is 9.30. The molecule has 7 nitrogen and oxygen atoms in total. The number of nitrogen functional groups attached to an aromatic ring is 1. The molecule has 0 radical (unpaired) electrons. The minimum atomic E-state index is 0.0585. The van der Waals surface area contributed by atoms with Crippen molar-refractivity contribution >= 4 is 5.95 Å². The predicted octanol–water partition coefficient (Wildman–Crippen LogP) is 1.55. The van der Waals surface area contributed by atoms with Crippen LogP contribution < -0.4 is 10.5 Å². The van der Waals surface area contributed by atoms with Crippen molar-refractivity contribution < 1.29 is 9.47 Å². The molecule has 3 heterocycles. The Kier molecular flexibility index (Phi) is 4.12. The van der Waals surface area contributed by atoms with Crippen molar-refractivity contribution in [2.24, 2.45) is 0 Å². The number of nitriles is 1. The van der Waals surface area contributed by atoms with E-state index in [1.54, 1.807) is 24.4 Å². The van der Waals surface area contributed by atoms with Crippen LogP contribution in [0.15, 0.2) is 24.4 Å². The van der Waals surface area contributed by atoms with Crippen LogP contribution in [0.1, 0.15) is 18.5 Å². The van der Waals surface area contributed by atoms with Crippen LogP contribution in [0.25, 0.3) is 11.4 Å². The maximum absolute atomic E-state index is 9.30. The van der Waals surface area contributed by atoms with Crippen molar-refractivity contribution in [3.8, 4) is 23.2 Å². The van der Waals surface area contributed by atoms with E-state index in [1.165, 1.54) is 0 Å². The molecule has 0 atom stereocenters. The molecule has 2 N–H and O–H groups in total. The van der Waals surface area contributed by atoms with E-state index in [0.29, 0.717) is 30.4 Å². The average Bonchev–Trinajstić information content (AvgIpc) is 2.56. The van der Waals surface area contributed by atoms with Gasteiger partial charge in [-0.2, -0.15) is 5.26 Å². The summed E-state index contributed by atoms with van der Waals surface area (Å²) in [5.74, 6) is 0.653. The molecule has 0 unspecified atom stereocenters. The third kappa shape index (κ3) is 3.13. The van der Waals surface area contributed by atoms with Gasteiger partial charge in [-0.25, -0.2) is 15.0 Å². The zero-order chi connectivity index (χ0) is 15.4. The number of nitrogens with two attached hydrogens (primary N) is 1. The molecule has 22 heavy (non-hydrogen) atoms. The largest absolute Gasteiger partial charge is 0.487 e. The van der Waals surface area contributed by atoms with Crippen LogP contribution in [0.3, 0.4) is 0 Å². The summed E-state index contributed by atoms with van der Waals surface area (Å²) in [4.78, 5) is 12.2. The second-order valence-corrected chi connectivity index (χ2v) is 4.88. The summed E-state index contributed by atoms with van der Waals surface area (Å²) in [6.45, 7) is 1.36. The van der Waals surface area contributed by atoms with Crippen molar-refractivity contribution in [3.05, 3.63) is 30.1 Å². The monoisotopic (exact) mass is 297 g/mol. The van der Waals surface area contributed by atoms with E-state index in [-0.39, 0.29) is 17.7 Å². The van der Waals surface area contributed by atoms with E-state index in [1.807, 2.05) is 0 Å². The molecule has 0 spiro atoms. The minimum absolute atomic E-state index is 0.0585. The molecule has 1 saturated heterocycles.